The summed E-state index contributed by atoms with van der Waals surface area (Å²) in [5, 5.41) is 0. The molecule has 0 N–H and O–H groups in total. The molecule has 1 rings (SSSR count). The van der Waals surface area contributed by atoms with Crippen LogP contribution in [0.2, 0.25) is 0 Å². The van der Waals surface area contributed by atoms with Crippen molar-refractivity contribution in [2.24, 2.45) is 0 Å². The van der Waals surface area contributed by atoms with Crippen molar-refractivity contribution in [2.45, 2.75) is 5.75 Å². The first-order chi connectivity index (χ1) is 4.74. The van der Waals surface area contributed by atoms with Gasteiger partial charge in [0.1, 0.15) is 0 Å². The summed E-state index contributed by atoms with van der Waals surface area (Å²) < 4.78 is 2.62. The van der Waals surface area contributed by atoms with Gasteiger partial charge >= 0.3 is 0 Å². The molecule has 0 saturated heterocycles. The van der Waals surface area contributed by atoms with Crippen LogP contribution >= 0.6 is 57.8 Å². The Morgan fingerprint density at radius 3 is 2.40 bits per heavy atom. The van der Waals surface area contributed by atoms with Gasteiger partial charge in [-0.2, -0.15) is 12.6 Å². The van der Waals surface area contributed by atoms with Gasteiger partial charge in [-0.05, 0) is 62.9 Å². The Kier molecular flexibility index (Phi) is 3.79. The second-order valence-electron chi connectivity index (χ2n) is 1.91. The van der Waals surface area contributed by atoms with E-state index in [4.69, 9.17) is 0 Å². The van der Waals surface area contributed by atoms with Crippen LogP contribution in [0.15, 0.2) is 18.2 Å². The third-order valence-corrected chi connectivity index (χ3v) is 4.40. The van der Waals surface area contributed by atoms with Gasteiger partial charge in [0.25, 0.3) is 0 Å². The molecule has 1 aromatic rings. The van der Waals surface area contributed by atoms with Crippen molar-refractivity contribution >= 4 is 57.8 Å². The Morgan fingerprint density at radius 1 is 1.20 bits per heavy atom. The summed E-state index contributed by atoms with van der Waals surface area (Å²) >= 11 is 8.84. The van der Waals surface area contributed by atoms with Crippen molar-refractivity contribution in [3.8, 4) is 0 Å². The van der Waals surface area contributed by atoms with Gasteiger partial charge in [0.15, 0.2) is 0 Å². The van der Waals surface area contributed by atoms with E-state index in [-0.39, 0.29) is 0 Å². The maximum atomic E-state index is 4.19. The van der Waals surface area contributed by atoms with Crippen LogP contribution in [0.1, 0.15) is 5.56 Å². The topological polar surface area (TPSA) is 0 Å². The zero-order valence-electron chi connectivity index (χ0n) is 5.14. The maximum absolute atomic E-state index is 4.19. The Morgan fingerprint density at radius 2 is 1.90 bits per heavy atom. The minimum absolute atomic E-state index is 0.826. The van der Waals surface area contributed by atoms with E-state index >= 15 is 0 Å². The predicted molar refractivity (Wildman–Crippen MR) is 64.6 cm³/mol. The lowest BCUT2D eigenvalue weighted by atomic mass is 10.2. The second-order valence-corrected chi connectivity index (χ2v) is 4.55. The summed E-state index contributed by atoms with van der Waals surface area (Å²) in [6.45, 7) is 0. The van der Waals surface area contributed by atoms with E-state index in [0.717, 1.165) is 5.75 Å². The Bertz CT molecular complexity index is 235. The molecule has 0 saturated carbocycles. The number of hydrogen-bond donors (Lipinski definition) is 1. The highest BCUT2D eigenvalue weighted by atomic mass is 127. The van der Waals surface area contributed by atoms with Crippen LogP contribution in [-0.2, 0) is 5.75 Å². The number of rotatable bonds is 1. The largest absolute Gasteiger partial charge is 0.175 e. The molecule has 0 aliphatic rings. The summed E-state index contributed by atoms with van der Waals surface area (Å²) in [7, 11) is 0. The number of benzene rings is 1. The fourth-order valence-corrected chi connectivity index (χ4v) is 1.75. The van der Waals surface area contributed by atoms with Gasteiger partial charge in [-0.25, -0.2) is 0 Å². The van der Waals surface area contributed by atoms with Crippen molar-refractivity contribution in [1.82, 2.24) is 0 Å². The van der Waals surface area contributed by atoms with E-state index in [9.17, 15) is 0 Å². The fourth-order valence-electron chi connectivity index (χ4n) is 0.638. The third kappa shape index (κ3) is 2.27. The van der Waals surface area contributed by atoms with Crippen LogP contribution < -0.4 is 0 Å². The molecule has 10 heavy (non-hydrogen) atoms. The summed E-state index contributed by atoms with van der Waals surface area (Å²) in [6, 6.07) is 6.39. The average Bonchev–Trinajstić information content (AvgIpc) is 1.95. The average molecular weight is 376 g/mol. The molecule has 3 heteroatoms. The first-order valence-corrected chi connectivity index (χ1v) is 5.58. The number of hydrogen-bond acceptors (Lipinski definition) is 1. The fraction of sp³-hybridized carbons (Fsp3) is 0.143. The number of halogens is 2. The van der Waals surface area contributed by atoms with E-state index in [1.807, 2.05) is 0 Å². The van der Waals surface area contributed by atoms with Gasteiger partial charge < -0.3 is 0 Å². The highest BCUT2D eigenvalue weighted by molar-refractivity contribution is 14.1. The molecule has 0 aliphatic heterocycles. The lowest BCUT2D eigenvalue weighted by Crippen LogP contribution is -1.82. The van der Waals surface area contributed by atoms with Crippen LogP contribution in [0.3, 0.4) is 0 Å². The summed E-state index contributed by atoms with van der Waals surface area (Å²) in [4.78, 5) is 0. The Labute approximate surface area is 93.5 Å². The Hall–Kier alpha value is 1.03. The van der Waals surface area contributed by atoms with Crippen molar-refractivity contribution in [3.63, 3.8) is 0 Å². The molecule has 0 fully saturated rings. The lowest BCUT2D eigenvalue weighted by Gasteiger charge is -1.98. The van der Waals surface area contributed by atoms with Gasteiger partial charge in [0.2, 0.25) is 0 Å². The minimum atomic E-state index is 0.826. The van der Waals surface area contributed by atoms with Crippen molar-refractivity contribution < 1.29 is 0 Å². The SMILES string of the molecule is SCc1ccc(I)c(I)c1. The summed E-state index contributed by atoms with van der Waals surface area (Å²) in [6.07, 6.45) is 0. The molecule has 0 radical (unpaired) electrons. The molecule has 0 aromatic heterocycles. The molecule has 54 valence electrons. The van der Waals surface area contributed by atoms with Gasteiger partial charge in [-0.3, -0.25) is 0 Å². The molecule has 0 spiro atoms. The van der Waals surface area contributed by atoms with E-state index < -0.39 is 0 Å². The molecular weight excluding hydrogens is 370 g/mol. The highest BCUT2D eigenvalue weighted by Crippen LogP contribution is 2.17. The van der Waals surface area contributed by atoms with Crippen LogP contribution in [0, 0.1) is 7.14 Å². The third-order valence-electron chi connectivity index (χ3n) is 1.17. The minimum Gasteiger partial charge on any atom is -0.175 e. The van der Waals surface area contributed by atoms with Gasteiger partial charge in [-0.1, -0.05) is 6.07 Å². The van der Waals surface area contributed by atoms with Gasteiger partial charge in [0.05, 0.1) is 0 Å². The molecular formula is C7H6I2S. The van der Waals surface area contributed by atoms with Crippen LogP contribution in [0.5, 0.6) is 0 Å². The number of thiol groups is 1. The summed E-state index contributed by atoms with van der Waals surface area (Å²) in [5.41, 5.74) is 1.29. The first-order valence-electron chi connectivity index (χ1n) is 2.79. The molecule has 0 amide bonds. The highest BCUT2D eigenvalue weighted by Gasteiger charge is 1.95. The molecule has 0 aliphatic carbocycles. The quantitative estimate of drug-likeness (QED) is 0.565. The van der Waals surface area contributed by atoms with E-state index in [0.29, 0.717) is 0 Å². The molecule has 0 nitrogen and oxygen atoms in total. The second kappa shape index (κ2) is 4.15. The zero-order chi connectivity index (χ0) is 7.56. The van der Waals surface area contributed by atoms with E-state index in [1.54, 1.807) is 0 Å². The van der Waals surface area contributed by atoms with Crippen molar-refractivity contribution in [3.05, 3.63) is 30.9 Å². The predicted octanol–water partition coefficient (Wildman–Crippen LogP) is 3.33. The van der Waals surface area contributed by atoms with Crippen LogP contribution in [-0.4, -0.2) is 0 Å². The van der Waals surface area contributed by atoms with Crippen LogP contribution in [0.25, 0.3) is 0 Å². The van der Waals surface area contributed by atoms with Crippen molar-refractivity contribution in [1.29, 1.82) is 0 Å². The van der Waals surface area contributed by atoms with E-state index in [1.165, 1.54) is 12.7 Å². The lowest BCUT2D eigenvalue weighted by molar-refractivity contribution is 1.39. The summed E-state index contributed by atoms with van der Waals surface area (Å²) in [5.74, 6) is 0.826. The molecule has 0 unspecified atom stereocenters. The Balaban J connectivity index is 3.04. The zero-order valence-corrected chi connectivity index (χ0v) is 10.4. The van der Waals surface area contributed by atoms with E-state index in [2.05, 4.69) is 76.0 Å². The van der Waals surface area contributed by atoms with Crippen molar-refractivity contribution in [2.75, 3.05) is 0 Å². The van der Waals surface area contributed by atoms with Crippen LogP contribution in [0.4, 0.5) is 0 Å². The van der Waals surface area contributed by atoms with Gasteiger partial charge in [-0.15, -0.1) is 0 Å². The molecule has 0 bridgehead atoms. The smallest absolute Gasteiger partial charge is 0.0266 e. The normalized spacial score (nSPS) is 9.90. The first kappa shape index (κ1) is 9.12. The molecule has 0 atom stereocenters. The maximum Gasteiger partial charge on any atom is 0.0266 e. The standard InChI is InChI=1S/C7H6I2S/c8-6-2-1-5(4-10)3-7(6)9/h1-3,10H,4H2. The van der Waals surface area contributed by atoms with Gasteiger partial charge in [0, 0.05) is 12.9 Å². The molecule has 0 heterocycles. The monoisotopic (exact) mass is 376 g/mol. The molecule has 1 aromatic carbocycles.